The third-order valence-corrected chi connectivity index (χ3v) is 1.95. The number of halogens is 1. The van der Waals surface area contributed by atoms with E-state index in [0.717, 1.165) is 38.5 Å². The van der Waals surface area contributed by atoms with Crippen molar-refractivity contribution in [3.63, 3.8) is 0 Å². The van der Waals surface area contributed by atoms with Crippen molar-refractivity contribution >= 4 is 11.6 Å². The summed E-state index contributed by atoms with van der Waals surface area (Å²) in [6.45, 7) is 2.71. The van der Waals surface area contributed by atoms with Crippen LogP contribution in [-0.4, -0.2) is 31.7 Å². The van der Waals surface area contributed by atoms with E-state index in [1.807, 2.05) is 0 Å². The lowest BCUT2D eigenvalue weighted by molar-refractivity contribution is 0.0741. The van der Waals surface area contributed by atoms with Crippen molar-refractivity contribution in [2.75, 3.05) is 25.6 Å². The van der Waals surface area contributed by atoms with Crippen LogP contribution >= 0.6 is 11.6 Å². The first kappa shape index (κ1) is 8.31. The van der Waals surface area contributed by atoms with Crippen molar-refractivity contribution < 1.29 is 4.74 Å². The number of alkyl halides is 1. The molecule has 1 fully saturated rings. The molecule has 0 aromatic heterocycles. The molecule has 10 heavy (non-hydrogen) atoms. The topological polar surface area (TPSA) is 21.3 Å². The van der Waals surface area contributed by atoms with Crippen molar-refractivity contribution in [3.8, 4) is 0 Å². The number of nitrogens with one attached hydrogen (secondary N) is 1. The van der Waals surface area contributed by atoms with Crippen molar-refractivity contribution in [3.05, 3.63) is 0 Å². The largest absolute Gasteiger partial charge is 0.379 e. The van der Waals surface area contributed by atoms with Gasteiger partial charge in [-0.25, -0.2) is 0 Å². The Bertz CT molecular complexity index is 83.7. The second-order valence-corrected chi connectivity index (χ2v) is 2.94. The van der Waals surface area contributed by atoms with Crippen LogP contribution < -0.4 is 5.32 Å². The lowest BCUT2D eigenvalue weighted by Gasteiger charge is -2.23. The van der Waals surface area contributed by atoms with Gasteiger partial charge in [0.05, 0.1) is 13.2 Å². The molecule has 1 aliphatic rings. The van der Waals surface area contributed by atoms with Crippen molar-refractivity contribution in [2.24, 2.45) is 0 Å². The van der Waals surface area contributed by atoms with Crippen LogP contribution in [0.4, 0.5) is 0 Å². The molecule has 1 saturated heterocycles. The number of rotatable bonds is 3. The van der Waals surface area contributed by atoms with Gasteiger partial charge in [-0.05, 0) is 12.8 Å². The summed E-state index contributed by atoms with van der Waals surface area (Å²) in [5.41, 5.74) is 0. The summed E-state index contributed by atoms with van der Waals surface area (Å²) in [6.07, 6.45) is 2.23. The normalized spacial score (nSPS) is 26.7. The first-order chi connectivity index (χ1) is 4.93. The maximum atomic E-state index is 5.55. The van der Waals surface area contributed by atoms with Crippen molar-refractivity contribution in [1.82, 2.24) is 5.32 Å². The van der Waals surface area contributed by atoms with Crippen LogP contribution in [-0.2, 0) is 4.74 Å². The summed E-state index contributed by atoms with van der Waals surface area (Å²) in [7, 11) is 0. The molecule has 0 spiro atoms. The minimum Gasteiger partial charge on any atom is -0.379 e. The molecule has 3 heteroatoms. The van der Waals surface area contributed by atoms with E-state index in [0.29, 0.717) is 6.04 Å². The van der Waals surface area contributed by atoms with Gasteiger partial charge in [0, 0.05) is 18.5 Å². The molecule has 1 heterocycles. The van der Waals surface area contributed by atoms with Crippen LogP contribution in [0.2, 0.25) is 0 Å². The fourth-order valence-electron chi connectivity index (χ4n) is 1.13. The highest BCUT2D eigenvalue weighted by atomic mass is 35.5. The average Bonchev–Trinajstić information content (AvgIpc) is 2.03. The van der Waals surface area contributed by atoms with Gasteiger partial charge in [0.1, 0.15) is 0 Å². The molecule has 0 amide bonds. The van der Waals surface area contributed by atoms with Gasteiger partial charge in [0.15, 0.2) is 0 Å². The number of hydrogen-bond acceptors (Lipinski definition) is 2. The minimum atomic E-state index is 0.549. The molecule has 0 aromatic carbocycles. The average molecular weight is 164 g/mol. The van der Waals surface area contributed by atoms with Crippen LogP contribution in [0.25, 0.3) is 0 Å². The van der Waals surface area contributed by atoms with E-state index in [1.54, 1.807) is 0 Å². The molecule has 0 aromatic rings. The Kier molecular flexibility index (Phi) is 4.10. The second-order valence-electron chi connectivity index (χ2n) is 2.56. The van der Waals surface area contributed by atoms with E-state index in [1.165, 1.54) is 0 Å². The number of morpholine rings is 1. The van der Waals surface area contributed by atoms with Crippen LogP contribution in [0.5, 0.6) is 0 Å². The lowest BCUT2D eigenvalue weighted by atomic mass is 10.1. The minimum absolute atomic E-state index is 0.549. The molecule has 1 N–H and O–H groups in total. The Balaban J connectivity index is 2.02. The van der Waals surface area contributed by atoms with E-state index in [9.17, 15) is 0 Å². The molecule has 60 valence electrons. The lowest BCUT2D eigenvalue weighted by Crippen LogP contribution is -2.41. The fraction of sp³-hybridized carbons (Fsp3) is 1.00. The zero-order valence-electron chi connectivity index (χ0n) is 6.11. The quantitative estimate of drug-likeness (QED) is 0.627. The Morgan fingerprint density at radius 1 is 1.60 bits per heavy atom. The highest BCUT2D eigenvalue weighted by Crippen LogP contribution is 2.02. The van der Waals surface area contributed by atoms with E-state index in [4.69, 9.17) is 16.3 Å². The Morgan fingerprint density at radius 3 is 3.10 bits per heavy atom. The van der Waals surface area contributed by atoms with Crippen molar-refractivity contribution in [2.45, 2.75) is 18.9 Å². The maximum absolute atomic E-state index is 5.55. The van der Waals surface area contributed by atoms with Crippen LogP contribution in [0.3, 0.4) is 0 Å². The van der Waals surface area contributed by atoms with Crippen molar-refractivity contribution in [1.29, 1.82) is 0 Å². The van der Waals surface area contributed by atoms with Gasteiger partial charge in [-0.2, -0.15) is 0 Å². The number of hydrogen-bond donors (Lipinski definition) is 1. The van der Waals surface area contributed by atoms with Crippen LogP contribution in [0.1, 0.15) is 12.8 Å². The standard InChI is InChI=1S/C7H14ClNO/c8-3-1-2-7-6-10-5-4-9-7/h7,9H,1-6H2. The summed E-state index contributed by atoms with van der Waals surface area (Å²) in [5, 5.41) is 3.37. The smallest absolute Gasteiger partial charge is 0.0620 e. The summed E-state index contributed by atoms with van der Waals surface area (Å²) in [6, 6.07) is 0.549. The highest BCUT2D eigenvalue weighted by Gasteiger charge is 2.11. The molecule has 1 rings (SSSR count). The zero-order valence-corrected chi connectivity index (χ0v) is 6.86. The van der Waals surface area contributed by atoms with Gasteiger partial charge >= 0.3 is 0 Å². The number of ether oxygens (including phenoxy) is 1. The second kappa shape index (κ2) is 4.94. The predicted octanol–water partition coefficient (Wildman–Crippen LogP) is 0.994. The molecule has 0 saturated carbocycles. The monoisotopic (exact) mass is 163 g/mol. The summed E-state index contributed by atoms with van der Waals surface area (Å²) >= 11 is 5.55. The third-order valence-electron chi connectivity index (χ3n) is 1.68. The molecular weight excluding hydrogens is 150 g/mol. The molecule has 0 radical (unpaired) electrons. The van der Waals surface area contributed by atoms with Crippen LogP contribution in [0, 0.1) is 0 Å². The van der Waals surface area contributed by atoms with E-state index in [2.05, 4.69) is 5.32 Å². The predicted molar refractivity (Wildman–Crippen MR) is 42.6 cm³/mol. The van der Waals surface area contributed by atoms with Gasteiger partial charge in [0.25, 0.3) is 0 Å². The third kappa shape index (κ3) is 2.86. The molecule has 1 unspecified atom stereocenters. The summed E-state index contributed by atoms with van der Waals surface area (Å²) in [5.74, 6) is 0.762. The molecule has 1 atom stereocenters. The van der Waals surface area contributed by atoms with Crippen LogP contribution in [0.15, 0.2) is 0 Å². The molecule has 0 bridgehead atoms. The van der Waals surface area contributed by atoms with Gasteiger partial charge < -0.3 is 10.1 Å². The first-order valence-corrected chi connectivity index (χ1v) is 4.34. The van der Waals surface area contributed by atoms with E-state index < -0.39 is 0 Å². The summed E-state index contributed by atoms with van der Waals surface area (Å²) < 4.78 is 5.27. The first-order valence-electron chi connectivity index (χ1n) is 3.80. The maximum Gasteiger partial charge on any atom is 0.0620 e. The zero-order chi connectivity index (χ0) is 7.23. The highest BCUT2D eigenvalue weighted by molar-refractivity contribution is 6.17. The van der Waals surface area contributed by atoms with Gasteiger partial charge in [-0.15, -0.1) is 11.6 Å². The van der Waals surface area contributed by atoms with E-state index >= 15 is 0 Å². The van der Waals surface area contributed by atoms with Gasteiger partial charge in [0.2, 0.25) is 0 Å². The molecule has 0 aliphatic carbocycles. The molecular formula is C7H14ClNO. The molecule has 1 aliphatic heterocycles. The fourth-order valence-corrected chi connectivity index (χ4v) is 1.28. The van der Waals surface area contributed by atoms with Gasteiger partial charge in [-0.3, -0.25) is 0 Å². The van der Waals surface area contributed by atoms with Gasteiger partial charge in [-0.1, -0.05) is 0 Å². The Morgan fingerprint density at radius 2 is 2.50 bits per heavy atom. The van der Waals surface area contributed by atoms with E-state index in [-0.39, 0.29) is 0 Å². The summed E-state index contributed by atoms with van der Waals surface area (Å²) in [4.78, 5) is 0. The molecule has 2 nitrogen and oxygen atoms in total. The SMILES string of the molecule is ClCCCC1COCCN1. The Hall–Kier alpha value is 0.210. The Labute approximate surface area is 66.9 Å².